The molecule has 2 rings (SSSR count). The van der Waals surface area contributed by atoms with Gasteiger partial charge < -0.3 is 10.0 Å². The number of hydrogen-bond acceptors (Lipinski definition) is 3. The van der Waals surface area contributed by atoms with Gasteiger partial charge in [-0.25, -0.2) is 0 Å². The van der Waals surface area contributed by atoms with Crippen molar-refractivity contribution in [2.24, 2.45) is 0 Å². The number of pyridine rings is 1. The molecular weight excluding hydrogens is 272 g/mol. The molecule has 4 heteroatoms. The Labute approximate surface area is 124 Å². The van der Waals surface area contributed by atoms with Crippen LogP contribution < -0.4 is 4.90 Å². The molecule has 3 nitrogen and oxygen atoms in total. The summed E-state index contributed by atoms with van der Waals surface area (Å²) in [6.07, 6.45) is -0.509. The van der Waals surface area contributed by atoms with Crippen molar-refractivity contribution < 1.29 is 5.11 Å². The summed E-state index contributed by atoms with van der Waals surface area (Å²) in [5.74, 6) is 0. The minimum Gasteiger partial charge on any atom is -0.389 e. The molecule has 1 aromatic carbocycles. The van der Waals surface area contributed by atoms with Gasteiger partial charge in [-0.2, -0.15) is 0 Å². The van der Waals surface area contributed by atoms with E-state index in [0.29, 0.717) is 11.6 Å². The number of rotatable bonds is 4. The molecule has 0 fully saturated rings. The third-order valence-electron chi connectivity index (χ3n) is 3.21. The second-order valence-electron chi connectivity index (χ2n) is 5.01. The van der Waals surface area contributed by atoms with Crippen LogP contribution in [0.25, 0.3) is 0 Å². The molecule has 0 spiro atoms. The molecule has 0 aliphatic rings. The molecule has 0 aliphatic carbocycles. The average Bonchev–Trinajstić information content (AvgIpc) is 2.38. The number of aliphatic hydroxyl groups is 1. The molecule has 0 bridgehead atoms. The van der Waals surface area contributed by atoms with E-state index < -0.39 is 6.10 Å². The largest absolute Gasteiger partial charge is 0.389 e. The summed E-state index contributed by atoms with van der Waals surface area (Å²) in [4.78, 5) is 6.54. The van der Waals surface area contributed by atoms with Crippen molar-refractivity contribution >= 4 is 17.3 Å². The monoisotopic (exact) mass is 290 g/mol. The quantitative estimate of drug-likeness (QED) is 0.932. The molecule has 2 aromatic rings. The Balaban J connectivity index is 2.19. The second kappa shape index (κ2) is 6.25. The summed E-state index contributed by atoms with van der Waals surface area (Å²) in [6, 6.07) is 11.6. The van der Waals surface area contributed by atoms with Gasteiger partial charge in [0.05, 0.1) is 29.1 Å². The van der Waals surface area contributed by atoms with E-state index in [1.807, 2.05) is 50.4 Å². The van der Waals surface area contributed by atoms with Gasteiger partial charge in [-0.1, -0.05) is 23.7 Å². The highest BCUT2D eigenvalue weighted by molar-refractivity contribution is 6.33. The molecule has 0 saturated carbocycles. The molecule has 20 heavy (non-hydrogen) atoms. The van der Waals surface area contributed by atoms with E-state index in [1.165, 1.54) is 0 Å². The van der Waals surface area contributed by atoms with Gasteiger partial charge in [0.1, 0.15) is 0 Å². The maximum absolute atomic E-state index is 9.56. The molecule has 0 aliphatic heterocycles. The van der Waals surface area contributed by atoms with E-state index in [2.05, 4.69) is 9.88 Å². The van der Waals surface area contributed by atoms with Gasteiger partial charge in [0.25, 0.3) is 0 Å². The molecule has 1 N–H and O–H groups in total. The maximum atomic E-state index is 9.56. The first-order valence-electron chi connectivity index (χ1n) is 6.58. The van der Waals surface area contributed by atoms with Crippen LogP contribution in [-0.2, 0) is 6.54 Å². The smallest absolute Gasteiger partial charge is 0.0762 e. The van der Waals surface area contributed by atoms with Crippen LogP contribution in [0.3, 0.4) is 0 Å². The zero-order chi connectivity index (χ0) is 14.7. The summed E-state index contributed by atoms with van der Waals surface area (Å²) >= 11 is 6.29. The van der Waals surface area contributed by atoms with Gasteiger partial charge in [0.2, 0.25) is 0 Å². The van der Waals surface area contributed by atoms with E-state index in [9.17, 15) is 5.11 Å². The van der Waals surface area contributed by atoms with Crippen LogP contribution in [0.2, 0.25) is 5.02 Å². The Morgan fingerprint density at radius 3 is 2.65 bits per heavy atom. The standard InChI is InChI=1S/C16H19ClN2O/c1-11-5-4-6-14(18-11)10-19(3)16-8-7-13(12(2)20)9-15(16)17/h4-9,12,20H,10H2,1-3H3/t12-/m0/s1. The zero-order valence-corrected chi connectivity index (χ0v) is 12.7. The number of aryl methyl sites for hydroxylation is 1. The molecule has 0 unspecified atom stereocenters. The van der Waals surface area contributed by atoms with Crippen LogP contribution in [-0.4, -0.2) is 17.1 Å². The third-order valence-corrected chi connectivity index (χ3v) is 3.51. The minimum atomic E-state index is -0.509. The summed E-state index contributed by atoms with van der Waals surface area (Å²) < 4.78 is 0. The number of benzene rings is 1. The van der Waals surface area contributed by atoms with Crippen LogP contribution in [0.1, 0.15) is 30.0 Å². The van der Waals surface area contributed by atoms with Gasteiger partial charge in [-0.3, -0.25) is 4.98 Å². The lowest BCUT2D eigenvalue weighted by atomic mass is 10.1. The highest BCUT2D eigenvalue weighted by Gasteiger charge is 2.10. The number of aliphatic hydroxyl groups excluding tert-OH is 1. The number of anilines is 1. The number of nitrogens with zero attached hydrogens (tertiary/aromatic N) is 2. The van der Waals surface area contributed by atoms with Crippen molar-refractivity contribution in [1.82, 2.24) is 4.98 Å². The summed E-state index contributed by atoms with van der Waals surface area (Å²) in [6.45, 7) is 4.40. The molecule has 106 valence electrons. The Morgan fingerprint density at radius 2 is 2.05 bits per heavy atom. The van der Waals surface area contributed by atoms with Crippen LogP contribution in [0.15, 0.2) is 36.4 Å². The Bertz CT molecular complexity index is 599. The number of hydrogen-bond donors (Lipinski definition) is 1. The van der Waals surface area contributed by atoms with E-state index in [4.69, 9.17) is 11.6 Å². The van der Waals surface area contributed by atoms with Crippen LogP contribution in [0.5, 0.6) is 0 Å². The third kappa shape index (κ3) is 3.50. The predicted molar refractivity (Wildman–Crippen MR) is 83.2 cm³/mol. The lowest BCUT2D eigenvalue weighted by molar-refractivity contribution is 0.199. The van der Waals surface area contributed by atoms with Gasteiger partial charge >= 0.3 is 0 Å². The summed E-state index contributed by atoms with van der Waals surface area (Å²) in [5, 5.41) is 10.2. The molecule has 1 aromatic heterocycles. The zero-order valence-electron chi connectivity index (χ0n) is 12.0. The molecular formula is C16H19ClN2O. The van der Waals surface area contributed by atoms with Crippen LogP contribution in [0, 0.1) is 6.92 Å². The number of aromatic nitrogens is 1. The van der Waals surface area contributed by atoms with Crippen molar-refractivity contribution in [3.8, 4) is 0 Å². The number of halogens is 1. The van der Waals surface area contributed by atoms with Crippen molar-refractivity contribution in [3.63, 3.8) is 0 Å². The minimum absolute atomic E-state index is 0.509. The van der Waals surface area contributed by atoms with Crippen LogP contribution in [0.4, 0.5) is 5.69 Å². The highest BCUT2D eigenvalue weighted by atomic mass is 35.5. The van der Waals surface area contributed by atoms with E-state index >= 15 is 0 Å². The molecule has 0 saturated heterocycles. The van der Waals surface area contributed by atoms with Crippen LogP contribution >= 0.6 is 11.6 Å². The van der Waals surface area contributed by atoms with Gasteiger partial charge in [-0.15, -0.1) is 0 Å². The van der Waals surface area contributed by atoms with Crippen molar-refractivity contribution in [2.75, 3.05) is 11.9 Å². The highest BCUT2D eigenvalue weighted by Crippen LogP contribution is 2.29. The molecule has 0 radical (unpaired) electrons. The first-order chi connectivity index (χ1) is 9.47. The Hall–Kier alpha value is -1.58. The first kappa shape index (κ1) is 14.8. The maximum Gasteiger partial charge on any atom is 0.0762 e. The Kier molecular flexibility index (Phi) is 4.63. The average molecular weight is 291 g/mol. The van der Waals surface area contributed by atoms with Crippen molar-refractivity contribution in [3.05, 3.63) is 58.4 Å². The molecule has 1 atom stereocenters. The second-order valence-corrected chi connectivity index (χ2v) is 5.42. The normalized spacial score (nSPS) is 12.2. The lowest BCUT2D eigenvalue weighted by Crippen LogP contribution is -2.18. The van der Waals surface area contributed by atoms with Crippen molar-refractivity contribution in [2.45, 2.75) is 26.5 Å². The summed E-state index contributed by atoms with van der Waals surface area (Å²) in [5.41, 5.74) is 3.76. The first-order valence-corrected chi connectivity index (χ1v) is 6.96. The molecule has 0 amide bonds. The van der Waals surface area contributed by atoms with Gasteiger partial charge in [-0.05, 0) is 43.7 Å². The fourth-order valence-corrected chi connectivity index (χ4v) is 2.44. The van der Waals surface area contributed by atoms with E-state index in [1.54, 1.807) is 6.92 Å². The van der Waals surface area contributed by atoms with Gasteiger partial charge in [0.15, 0.2) is 0 Å². The fraction of sp³-hybridized carbons (Fsp3) is 0.312. The van der Waals surface area contributed by atoms with Crippen molar-refractivity contribution in [1.29, 1.82) is 0 Å². The van der Waals surface area contributed by atoms with E-state index in [0.717, 1.165) is 22.6 Å². The van der Waals surface area contributed by atoms with Gasteiger partial charge in [0, 0.05) is 12.7 Å². The predicted octanol–water partition coefficient (Wildman–Crippen LogP) is 3.73. The Morgan fingerprint density at radius 1 is 1.30 bits per heavy atom. The summed E-state index contributed by atoms with van der Waals surface area (Å²) in [7, 11) is 1.98. The lowest BCUT2D eigenvalue weighted by Gasteiger charge is -2.21. The van der Waals surface area contributed by atoms with E-state index in [-0.39, 0.29) is 0 Å². The fourth-order valence-electron chi connectivity index (χ4n) is 2.11. The molecule has 1 heterocycles. The topological polar surface area (TPSA) is 36.4 Å². The SMILES string of the molecule is Cc1cccc(CN(C)c2ccc([C@H](C)O)cc2Cl)n1.